The molecule has 0 aliphatic carbocycles. The van der Waals surface area contributed by atoms with Gasteiger partial charge in [0.05, 0.1) is 5.69 Å². The summed E-state index contributed by atoms with van der Waals surface area (Å²) in [7, 11) is -3.51. The Morgan fingerprint density at radius 3 is 2.33 bits per heavy atom. The van der Waals surface area contributed by atoms with Crippen LogP contribution < -0.4 is 9.44 Å². The van der Waals surface area contributed by atoms with Gasteiger partial charge >= 0.3 is 0 Å². The number of aromatic nitrogens is 2. The Labute approximate surface area is 125 Å². The molecule has 0 aliphatic heterocycles. The van der Waals surface area contributed by atoms with E-state index in [1.165, 1.54) is 0 Å². The highest BCUT2D eigenvalue weighted by atomic mass is 32.2. The summed E-state index contributed by atoms with van der Waals surface area (Å²) in [5, 5.41) is 6.78. The molecule has 1 heterocycles. The van der Waals surface area contributed by atoms with Crippen LogP contribution in [0, 0.1) is 0 Å². The van der Waals surface area contributed by atoms with E-state index in [0.29, 0.717) is 0 Å². The number of hydrogen-bond donors (Lipinski definition) is 3. The second-order valence-corrected chi connectivity index (χ2v) is 7.34. The second-order valence-electron chi connectivity index (χ2n) is 5.84. The van der Waals surface area contributed by atoms with Crippen LogP contribution in [-0.4, -0.2) is 24.2 Å². The molecule has 0 amide bonds. The molecule has 0 aliphatic rings. The molecule has 0 radical (unpaired) electrons. The molecule has 2 aromatic rings. The van der Waals surface area contributed by atoms with Crippen molar-refractivity contribution in [3.8, 4) is 11.3 Å². The van der Waals surface area contributed by atoms with Gasteiger partial charge in [0, 0.05) is 18.3 Å². The molecule has 114 valence electrons. The zero-order chi connectivity index (χ0) is 15.5. The molecule has 6 nitrogen and oxygen atoms in total. The average molecular weight is 308 g/mol. The largest absolute Gasteiger partial charge is 0.278 e. The highest BCUT2D eigenvalue weighted by molar-refractivity contribution is 7.87. The van der Waals surface area contributed by atoms with Crippen molar-refractivity contribution in [1.29, 1.82) is 0 Å². The van der Waals surface area contributed by atoms with Crippen molar-refractivity contribution in [2.24, 2.45) is 0 Å². The van der Waals surface area contributed by atoms with Crippen LogP contribution in [0.5, 0.6) is 0 Å². The number of H-pyrrole nitrogens is 1. The predicted molar refractivity (Wildman–Crippen MR) is 82.7 cm³/mol. The normalized spacial score (nSPS) is 12.5. The summed E-state index contributed by atoms with van der Waals surface area (Å²) < 4.78 is 28.7. The zero-order valence-corrected chi connectivity index (χ0v) is 13.2. The van der Waals surface area contributed by atoms with E-state index >= 15 is 0 Å². The molecule has 0 bridgehead atoms. The van der Waals surface area contributed by atoms with Crippen LogP contribution in [0.1, 0.15) is 26.3 Å². The van der Waals surface area contributed by atoms with Gasteiger partial charge in [-0.3, -0.25) is 5.10 Å². The number of aromatic amines is 1. The van der Waals surface area contributed by atoms with Gasteiger partial charge in [0.15, 0.2) is 0 Å². The summed E-state index contributed by atoms with van der Waals surface area (Å²) in [4.78, 5) is 0. The van der Waals surface area contributed by atoms with Crippen molar-refractivity contribution < 1.29 is 8.42 Å². The molecule has 21 heavy (non-hydrogen) atoms. The fraction of sp³-hybridized carbons (Fsp3) is 0.357. The van der Waals surface area contributed by atoms with Crippen molar-refractivity contribution in [1.82, 2.24) is 19.6 Å². The molecule has 0 unspecified atom stereocenters. The molecule has 3 N–H and O–H groups in total. The lowest BCUT2D eigenvalue weighted by Gasteiger charge is -2.20. The lowest BCUT2D eigenvalue weighted by atomic mass is 10.1. The van der Waals surface area contributed by atoms with E-state index in [-0.39, 0.29) is 6.54 Å². The number of nitrogens with one attached hydrogen (secondary N) is 3. The molecule has 2 rings (SSSR count). The maximum Gasteiger partial charge on any atom is 0.277 e. The van der Waals surface area contributed by atoms with Gasteiger partial charge in [-0.15, -0.1) is 0 Å². The third-order valence-corrected chi connectivity index (χ3v) is 4.08. The van der Waals surface area contributed by atoms with E-state index in [1.807, 2.05) is 30.3 Å². The van der Waals surface area contributed by atoms with Gasteiger partial charge in [-0.05, 0) is 38.0 Å². The van der Waals surface area contributed by atoms with Gasteiger partial charge in [0.2, 0.25) is 0 Å². The van der Waals surface area contributed by atoms with Gasteiger partial charge in [-0.25, -0.2) is 0 Å². The predicted octanol–water partition coefficient (Wildman–Crippen LogP) is 1.80. The lowest BCUT2D eigenvalue weighted by molar-refractivity contribution is 0.483. The minimum atomic E-state index is -3.51. The van der Waals surface area contributed by atoms with E-state index in [0.717, 1.165) is 16.8 Å². The van der Waals surface area contributed by atoms with E-state index in [1.54, 1.807) is 27.0 Å². The Morgan fingerprint density at radius 2 is 1.81 bits per heavy atom. The van der Waals surface area contributed by atoms with Crippen LogP contribution in [0.15, 0.2) is 36.5 Å². The third-order valence-electron chi connectivity index (χ3n) is 2.67. The highest BCUT2D eigenvalue weighted by Crippen LogP contribution is 2.16. The molecule has 1 aromatic carbocycles. The van der Waals surface area contributed by atoms with Crippen molar-refractivity contribution in [3.63, 3.8) is 0 Å². The van der Waals surface area contributed by atoms with E-state index in [9.17, 15) is 8.42 Å². The summed E-state index contributed by atoms with van der Waals surface area (Å²) in [6.45, 7) is 5.64. The Morgan fingerprint density at radius 1 is 1.14 bits per heavy atom. The first-order chi connectivity index (χ1) is 9.75. The van der Waals surface area contributed by atoms with Crippen LogP contribution >= 0.6 is 0 Å². The van der Waals surface area contributed by atoms with Crippen molar-refractivity contribution in [2.75, 3.05) is 0 Å². The number of rotatable bonds is 5. The Bertz CT molecular complexity index is 671. The minimum absolute atomic E-state index is 0.245. The number of nitrogens with zero attached hydrogens (tertiary/aromatic N) is 1. The first-order valence-corrected chi connectivity index (χ1v) is 8.11. The van der Waals surface area contributed by atoms with Crippen molar-refractivity contribution in [3.05, 3.63) is 42.1 Å². The van der Waals surface area contributed by atoms with Crippen LogP contribution in [-0.2, 0) is 16.8 Å². The monoisotopic (exact) mass is 308 g/mol. The molecule has 0 spiro atoms. The van der Waals surface area contributed by atoms with Gasteiger partial charge < -0.3 is 0 Å². The quantitative estimate of drug-likeness (QED) is 0.787. The molecular weight excluding hydrogens is 288 g/mol. The Kier molecular flexibility index (Phi) is 4.46. The topological polar surface area (TPSA) is 86.9 Å². The molecule has 0 atom stereocenters. The Balaban J connectivity index is 1.98. The lowest BCUT2D eigenvalue weighted by Crippen LogP contribution is -2.46. The van der Waals surface area contributed by atoms with Crippen molar-refractivity contribution >= 4 is 10.2 Å². The SMILES string of the molecule is CC(C)(C)NS(=O)(=O)NCc1ccc(-c2ccn[nH]2)cc1. The summed E-state index contributed by atoms with van der Waals surface area (Å²) in [5.41, 5.74) is 2.32. The van der Waals surface area contributed by atoms with Crippen molar-refractivity contribution in [2.45, 2.75) is 32.9 Å². The molecular formula is C14H20N4O2S. The smallest absolute Gasteiger partial charge is 0.277 e. The fourth-order valence-electron chi connectivity index (χ4n) is 1.84. The molecule has 0 fully saturated rings. The van der Waals surface area contributed by atoms with Crippen LogP contribution in [0.2, 0.25) is 0 Å². The number of hydrogen-bond acceptors (Lipinski definition) is 3. The summed E-state index contributed by atoms with van der Waals surface area (Å²) >= 11 is 0. The third kappa shape index (κ3) is 4.96. The van der Waals surface area contributed by atoms with E-state index in [2.05, 4.69) is 19.6 Å². The van der Waals surface area contributed by atoms with Gasteiger partial charge in [0.25, 0.3) is 10.2 Å². The maximum atomic E-state index is 11.8. The van der Waals surface area contributed by atoms with Gasteiger partial charge in [0.1, 0.15) is 0 Å². The average Bonchev–Trinajstić information content (AvgIpc) is 2.88. The zero-order valence-electron chi connectivity index (χ0n) is 12.3. The summed E-state index contributed by atoms with van der Waals surface area (Å²) in [6, 6.07) is 9.50. The minimum Gasteiger partial charge on any atom is -0.278 e. The molecule has 0 saturated carbocycles. The fourth-order valence-corrected chi connectivity index (χ4v) is 3.07. The molecule has 1 aromatic heterocycles. The molecule has 0 saturated heterocycles. The van der Waals surface area contributed by atoms with Gasteiger partial charge in [-0.1, -0.05) is 24.3 Å². The first kappa shape index (κ1) is 15.7. The highest BCUT2D eigenvalue weighted by Gasteiger charge is 2.19. The van der Waals surface area contributed by atoms with Crippen LogP contribution in [0.25, 0.3) is 11.3 Å². The second kappa shape index (κ2) is 5.97. The maximum absolute atomic E-state index is 11.8. The first-order valence-electron chi connectivity index (χ1n) is 6.62. The standard InChI is InChI=1S/C14H20N4O2S/c1-14(2,3)18-21(19,20)16-10-11-4-6-12(7-5-11)13-8-9-15-17-13/h4-9,16,18H,10H2,1-3H3,(H,15,17). The summed E-state index contributed by atoms with van der Waals surface area (Å²) in [5.74, 6) is 0. The molecule has 7 heteroatoms. The van der Waals surface area contributed by atoms with Crippen LogP contribution in [0.4, 0.5) is 0 Å². The van der Waals surface area contributed by atoms with E-state index < -0.39 is 15.7 Å². The number of benzene rings is 1. The van der Waals surface area contributed by atoms with Gasteiger partial charge in [-0.2, -0.15) is 23.0 Å². The van der Waals surface area contributed by atoms with E-state index in [4.69, 9.17) is 0 Å². The summed E-state index contributed by atoms with van der Waals surface area (Å²) in [6.07, 6.45) is 1.69. The Hall–Kier alpha value is -1.70. The van der Waals surface area contributed by atoms with Crippen LogP contribution in [0.3, 0.4) is 0 Å².